The van der Waals surface area contributed by atoms with E-state index < -0.39 is 5.92 Å². The summed E-state index contributed by atoms with van der Waals surface area (Å²) in [5, 5.41) is 6.69. The molecule has 0 spiro atoms. The number of unbranched alkanes of at least 4 members (excludes halogenated alkanes) is 1. The highest BCUT2D eigenvalue weighted by molar-refractivity contribution is 8.00. The predicted molar refractivity (Wildman–Crippen MR) is 106 cm³/mol. The second-order valence-electron chi connectivity index (χ2n) is 7.51. The summed E-state index contributed by atoms with van der Waals surface area (Å²) in [7, 11) is 3.24. The average molecular weight is 414 g/mol. The van der Waals surface area contributed by atoms with Gasteiger partial charge in [0.1, 0.15) is 0 Å². The molecule has 0 saturated carbocycles. The van der Waals surface area contributed by atoms with Crippen LogP contribution in [0, 0.1) is 5.92 Å². The summed E-state index contributed by atoms with van der Waals surface area (Å²) in [6.07, 6.45) is 2.65. The largest absolute Gasteiger partial charge is 0.378 e. The maximum absolute atomic E-state index is 12.9. The van der Waals surface area contributed by atoms with E-state index >= 15 is 0 Å². The lowest BCUT2D eigenvalue weighted by Crippen LogP contribution is -2.74. The molecule has 0 aromatic carbocycles. The topological polar surface area (TPSA) is 94.2 Å². The Morgan fingerprint density at radius 2 is 1.93 bits per heavy atom. The van der Waals surface area contributed by atoms with Gasteiger partial charge in [-0.1, -0.05) is 19.8 Å². The fourth-order valence-corrected chi connectivity index (χ4v) is 5.15. The number of urea groups is 1. The van der Waals surface area contributed by atoms with Crippen LogP contribution in [0.3, 0.4) is 0 Å². The molecule has 3 saturated heterocycles. The SMILES string of the molecule is CCCCC1NC(SCC(=O)N2CCOCC2)C2C(=O)N(C)C(=O)N(C)C2N1. The average Bonchev–Trinajstić information content (AvgIpc) is 2.73. The van der Waals surface area contributed by atoms with Crippen LogP contribution in [0.15, 0.2) is 0 Å². The lowest BCUT2D eigenvalue weighted by molar-refractivity contribution is -0.140. The van der Waals surface area contributed by atoms with E-state index in [-0.39, 0.29) is 35.6 Å². The summed E-state index contributed by atoms with van der Waals surface area (Å²) in [4.78, 5) is 42.4. The number of rotatable bonds is 6. The van der Waals surface area contributed by atoms with E-state index in [0.29, 0.717) is 32.1 Å². The molecule has 28 heavy (non-hydrogen) atoms. The summed E-state index contributed by atoms with van der Waals surface area (Å²) in [6, 6.07) is -0.303. The van der Waals surface area contributed by atoms with E-state index in [9.17, 15) is 14.4 Å². The lowest BCUT2D eigenvalue weighted by Gasteiger charge is -2.50. The zero-order chi connectivity index (χ0) is 20.3. The molecular weight excluding hydrogens is 382 g/mol. The second kappa shape index (κ2) is 9.43. The highest BCUT2D eigenvalue weighted by Gasteiger charge is 2.50. The van der Waals surface area contributed by atoms with Crippen LogP contribution in [-0.4, -0.2) is 96.4 Å². The maximum Gasteiger partial charge on any atom is 0.327 e. The van der Waals surface area contributed by atoms with Crippen LogP contribution in [0.5, 0.6) is 0 Å². The molecule has 4 unspecified atom stereocenters. The van der Waals surface area contributed by atoms with Gasteiger partial charge in [-0.05, 0) is 6.42 Å². The number of hydrogen-bond acceptors (Lipinski definition) is 7. The minimum absolute atomic E-state index is 0.00337. The van der Waals surface area contributed by atoms with Crippen molar-refractivity contribution in [3.8, 4) is 0 Å². The summed E-state index contributed by atoms with van der Waals surface area (Å²) in [5.74, 6) is -0.279. The van der Waals surface area contributed by atoms with Crippen molar-refractivity contribution in [2.45, 2.75) is 43.9 Å². The molecule has 2 N–H and O–H groups in total. The fourth-order valence-electron chi connectivity index (χ4n) is 3.91. The van der Waals surface area contributed by atoms with Crippen molar-refractivity contribution >= 4 is 29.6 Å². The normalized spacial score (nSPS) is 31.2. The van der Waals surface area contributed by atoms with E-state index in [4.69, 9.17) is 4.74 Å². The summed E-state index contributed by atoms with van der Waals surface area (Å²) < 4.78 is 5.31. The minimum atomic E-state index is -0.437. The molecule has 3 aliphatic rings. The molecule has 0 bridgehead atoms. The molecule has 4 amide bonds. The quantitative estimate of drug-likeness (QED) is 0.637. The number of ether oxygens (including phenoxy) is 1. The number of morpholine rings is 1. The number of imide groups is 1. The number of nitrogens with zero attached hydrogens (tertiary/aromatic N) is 3. The van der Waals surface area contributed by atoms with Crippen molar-refractivity contribution in [3.05, 3.63) is 0 Å². The number of amides is 4. The highest BCUT2D eigenvalue weighted by atomic mass is 32.2. The number of fused-ring (bicyclic) bond motifs is 1. The number of thioether (sulfide) groups is 1. The molecule has 3 heterocycles. The molecule has 3 fully saturated rings. The zero-order valence-corrected chi connectivity index (χ0v) is 17.7. The van der Waals surface area contributed by atoms with Crippen LogP contribution in [0.2, 0.25) is 0 Å². The minimum Gasteiger partial charge on any atom is -0.378 e. The molecule has 4 atom stereocenters. The van der Waals surface area contributed by atoms with Crippen molar-refractivity contribution in [3.63, 3.8) is 0 Å². The zero-order valence-electron chi connectivity index (χ0n) is 16.8. The maximum atomic E-state index is 12.9. The first-order chi connectivity index (χ1) is 13.4. The molecule has 0 radical (unpaired) electrons. The van der Waals surface area contributed by atoms with Gasteiger partial charge in [0.2, 0.25) is 11.8 Å². The second-order valence-corrected chi connectivity index (χ2v) is 8.64. The van der Waals surface area contributed by atoms with Crippen molar-refractivity contribution in [1.29, 1.82) is 0 Å². The Balaban J connectivity index is 1.70. The van der Waals surface area contributed by atoms with Crippen LogP contribution in [0.25, 0.3) is 0 Å². The van der Waals surface area contributed by atoms with Gasteiger partial charge in [0.05, 0.1) is 42.6 Å². The molecule has 0 aliphatic carbocycles. The van der Waals surface area contributed by atoms with Gasteiger partial charge in [-0.15, -0.1) is 11.8 Å². The van der Waals surface area contributed by atoms with E-state index in [1.165, 1.54) is 23.7 Å². The smallest absolute Gasteiger partial charge is 0.327 e. The van der Waals surface area contributed by atoms with E-state index in [0.717, 1.165) is 19.3 Å². The van der Waals surface area contributed by atoms with Crippen LogP contribution < -0.4 is 10.6 Å². The molecule has 3 rings (SSSR count). The van der Waals surface area contributed by atoms with Crippen molar-refractivity contribution in [2.24, 2.45) is 5.92 Å². The van der Waals surface area contributed by atoms with E-state index in [1.54, 1.807) is 11.9 Å². The Hall–Kier alpha value is -1.36. The van der Waals surface area contributed by atoms with Crippen LogP contribution in [-0.2, 0) is 14.3 Å². The van der Waals surface area contributed by atoms with Crippen LogP contribution in [0.1, 0.15) is 26.2 Å². The third kappa shape index (κ3) is 4.45. The summed E-state index contributed by atoms with van der Waals surface area (Å²) in [5.41, 5.74) is 0. The Morgan fingerprint density at radius 3 is 2.61 bits per heavy atom. The highest BCUT2D eigenvalue weighted by Crippen LogP contribution is 2.32. The number of hydrogen-bond donors (Lipinski definition) is 2. The van der Waals surface area contributed by atoms with Gasteiger partial charge in [-0.2, -0.15) is 0 Å². The van der Waals surface area contributed by atoms with Crippen molar-refractivity contribution in [2.75, 3.05) is 46.2 Å². The first-order valence-electron chi connectivity index (χ1n) is 9.97. The van der Waals surface area contributed by atoms with Crippen LogP contribution in [0.4, 0.5) is 4.79 Å². The predicted octanol–water partition coefficient (Wildman–Crippen LogP) is 0.0797. The Labute approximate surface area is 170 Å². The first kappa shape index (κ1) is 21.4. The van der Waals surface area contributed by atoms with Gasteiger partial charge in [0, 0.05) is 27.2 Å². The van der Waals surface area contributed by atoms with Gasteiger partial charge < -0.3 is 14.5 Å². The monoisotopic (exact) mass is 413 g/mol. The third-order valence-corrected chi connectivity index (χ3v) is 6.82. The van der Waals surface area contributed by atoms with Crippen LogP contribution >= 0.6 is 11.8 Å². The first-order valence-corrected chi connectivity index (χ1v) is 11.0. The Bertz CT molecular complexity index is 601. The fraction of sp³-hybridized carbons (Fsp3) is 0.833. The van der Waals surface area contributed by atoms with Gasteiger partial charge in [0.25, 0.3) is 0 Å². The molecule has 0 aromatic heterocycles. The molecule has 3 aliphatic heterocycles. The molecule has 0 aromatic rings. The lowest BCUT2D eigenvalue weighted by atomic mass is 9.96. The Kier molecular flexibility index (Phi) is 7.19. The number of carbonyl (C=O) groups excluding carboxylic acids is 3. The van der Waals surface area contributed by atoms with Crippen molar-refractivity contribution in [1.82, 2.24) is 25.3 Å². The molecule has 10 heteroatoms. The van der Waals surface area contributed by atoms with Gasteiger partial charge in [-0.3, -0.25) is 25.1 Å². The van der Waals surface area contributed by atoms with Gasteiger partial charge in [0.15, 0.2) is 0 Å². The number of carbonyl (C=O) groups is 3. The Morgan fingerprint density at radius 1 is 1.21 bits per heavy atom. The summed E-state index contributed by atoms with van der Waals surface area (Å²) in [6.45, 7) is 4.50. The standard InChI is InChI=1S/C18H31N5O4S/c1-4-5-6-12-19-15-14(17(25)22(3)18(26)21(15)2)16(20-12)28-11-13(24)23-7-9-27-10-8-23/h12,14-16,19-20H,4-11H2,1-3H3. The van der Waals surface area contributed by atoms with E-state index in [1.807, 2.05) is 4.90 Å². The molecular formula is C18H31N5O4S. The van der Waals surface area contributed by atoms with E-state index in [2.05, 4.69) is 17.6 Å². The summed E-state index contributed by atoms with van der Waals surface area (Å²) >= 11 is 1.46. The third-order valence-electron chi connectivity index (χ3n) is 5.62. The van der Waals surface area contributed by atoms with Gasteiger partial charge in [-0.25, -0.2) is 4.79 Å². The molecule has 158 valence electrons. The number of nitrogens with one attached hydrogen (secondary N) is 2. The van der Waals surface area contributed by atoms with Crippen molar-refractivity contribution < 1.29 is 19.1 Å². The molecule has 9 nitrogen and oxygen atoms in total. The van der Waals surface area contributed by atoms with Gasteiger partial charge >= 0.3 is 6.03 Å².